The number of esters is 1. The number of benzene rings is 1. The highest BCUT2D eigenvalue weighted by Crippen LogP contribution is 2.61. The Morgan fingerprint density at radius 1 is 1.14 bits per heavy atom. The predicted molar refractivity (Wildman–Crippen MR) is 83.6 cm³/mol. The minimum Gasteiger partial charge on any atom is -0.494 e. The summed E-state index contributed by atoms with van der Waals surface area (Å²) in [6.07, 6.45) is -8.88. The van der Waals surface area contributed by atoms with Gasteiger partial charge in [0, 0.05) is 0 Å². The van der Waals surface area contributed by atoms with E-state index < -0.39 is 63.5 Å². The summed E-state index contributed by atoms with van der Waals surface area (Å²) < 4.78 is 102. The van der Waals surface area contributed by atoms with E-state index in [0.29, 0.717) is 18.2 Å². The Balaban J connectivity index is 2.24. The van der Waals surface area contributed by atoms with Gasteiger partial charge in [0.1, 0.15) is 10.6 Å². The fraction of sp³-hybridized carbons (Fsp3) is 0.471. The third kappa shape index (κ3) is 4.06. The van der Waals surface area contributed by atoms with E-state index in [9.17, 15) is 35.5 Å². The summed E-state index contributed by atoms with van der Waals surface area (Å²) in [6.45, 7) is 2.71. The van der Waals surface area contributed by atoms with Crippen LogP contribution in [-0.2, 0) is 15.6 Å². The first kappa shape index (κ1) is 22.3. The van der Waals surface area contributed by atoms with Crippen molar-refractivity contribution in [3.05, 3.63) is 40.4 Å². The molecular formula is C17H14ClF7O3. The van der Waals surface area contributed by atoms with Crippen molar-refractivity contribution in [2.45, 2.75) is 26.1 Å². The maximum absolute atomic E-state index is 14.2. The lowest BCUT2D eigenvalue weighted by molar-refractivity contribution is -0.243. The van der Waals surface area contributed by atoms with Crippen molar-refractivity contribution in [2.24, 2.45) is 17.3 Å². The molecule has 0 bridgehead atoms. The number of hydrogen-bond donors (Lipinski definition) is 0. The van der Waals surface area contributed by atoms with Crippen molar-refractivity contribution in [1.29, 1.82) is 0 Å². The Bertz CT molecular complexity index is 818. The molecule has 1 aliphatic carbocycles. The molecule has 0 N–H and O–H groups in total. The lowest BCUT2D eigenvalue weighted by atomic mass is 10.1. The third-order valence-corrected chi connectivity index (χ3v) is 4.91. The summed E-state index contributed by atoms with van der Waals surface area (Å²) in [5, 5.41) is -1.50. The van der Waals surface area contributed by atoms with E-state index in [4.69, 9.17) is 11.6 Å². The molecule has 0 heterocycles. The van der Waals surface area contributed by atoms with Gasteiger partial charge < -0.3 is 9.47 Å². The number of alkyl halides is 5. The molecule has 0 spiro atoms. The number of carbonyl (C=O) groups is 1. The molecule has 2 unspecified atom stereocenters. The average molecular weight is 435 g/mol. The Morgan fingerprint density at radius 3 is 2.21 bits per heavy atom. The highest BCUT2D eigenvalue weighted by Gasteiger charge is 2.63. The molecule has 1 aromatic rings. The highest BCUT2D eigenvalue weighted by atomic mass is 35.5. The number of hydrogen-bond acceptors (Lipinski definition) is 3. The van der Waals surface area contributed by atoms with Crippen LogP contribution in [0.1, 0.15) is 19.4 Å². The van der Waals surface area contributed by atoms with Crippen LogP contribution in [0.5, 0.6) is 5.75 Å². The van der Waals surface area contributed by atoms with E-state index in [1.165, 1.54) is 13.8 Å². The van der Waals surface area contributed by atoms with Crippen LogP contribution in [0.3, 0.4) is 0 Å². The minimum atomic E-state index is -4.86. The summed E-state index contributed by atoms with van der Waals surface area (Å²) in [6, 6.07) is 1.19. The van der Waals surface area contributed by atoms with Gasteiger partial charge >= 0.3 is 18.3 Å². The predicted octanol–water partition coefficient (Wildman–Crippen LogP) is 5.52. The summed E-state index contributed by atoms with van der Waals surface area (Å²) in [5.41, 5.74) is -2.71. The summed E-state index contributed by atoms with van der Waals surface area (Å²) in [7, 11) is 0.991. The molecule has 1 aliphatic rings. The van der Waals surface area contributed by atoms with Crippen LogP contribution in [0.4, 0.5) is 30.7 Å². The van der Waals surface area contributed by atoms with Gasteiger partial charge in [0.25, 0.3) is 0 Å². The molecule has 156 valence electrons. The van der Waals surface area contributed by atoms with Crippen molar-refractivity contribution in [3.8, 4) is 5.75 Å². The average Bonchev–Trinajstić information content (AvgIpc) is 3.09. The number of rotatable bonds is 5. The van der Waals surface area contributed by atoms with Crippen LogP contribution in [0.25, 0.3) is 0 Å². The molecule has 0 radical (unpaired) electrons. The maximum Gasteiger partial charge on any atom is 0.431 e. The van der Waals surface area contributed by atoms with Gasteiger partial charge in [0.2, 0.25) is 5.82 Å². The van der Waals surface area contributed by atoms with Crippen LogP contribution in [0.15, 0.2) is 23.2 Å². The van der Waals surface area contributed by atoms with Crippen molar-refractivity contribution in [2.75, 3.05) is 7.11 Å². The van der Waals surface area contributed by atoms with Gasteiger partial charge in [-0.25, -0.2) is 4.39 Å². The Labute approximate surface area is 160 Å². The van der Waals surface area contributed by atoms with Crippen molar-refractivity contribution < 1.29 is 45.0 Å². The summed E-state index contributed by atoms with van der Waals surface area (Å²) >= 11 is 5.12. The van der Waals surface area contributed by atoms with E-state index in [1.807, 2.05) is 0 Å². The van der Waals surface area contributed by atoms with E-state index in [0.717, 1.165) is 7.11 Å². The first-order chi connectivity index (χ1) is 12.6. The first-order valence-corrected chi connectivity index (χ1v) is 8.10. The first-order valence-electron chi connectivity index (χ1n) is 7.72. The monoisotopic (exact) mass is 434 g/mol. The number of carbonyl (C=O) groups excluding carboxylic acids is 1. The Kier molecular flexibility index (Phi) is 5.68. The molecule has 0 aliphatic heterocycles. The second-order valence-electron chi connectivity index (χ2n) is 6.72. The minimum absolute atomic E-state index is 0.473. The maximum atomic E-state index is 14.2. The molecule has 0 saturated heterocycles. The number of ether oxygens (including phenoxy) is 2. The van der Waals surface area contributed by atoms with Gasteiger partial charge in [0.15, 0.2) is 11.6 Å². The van der Waals surface area contributed by atoms with Crippen LogP contribution in [0, 0.1) is 28.9 Å². The van der Waals surface area contributed by atoms with E-state index in [2.05, 4.69) is 9.47 Å². The second kappa shape index (κ2) is 7.13. The summed E-state index contributed by atoms with van der Waals surface area (Å²) in [5.74, 6) is -8.40. The number of allylic oxidation sites excluding steroid dienone is 2. The van der Waals surface area contributed by atoms with Crippen molar-refractivity contribution >= 4 is 17.6 Å². The van der Waals surface area contributed by atoms with Crippen molar-refractivity contribution in [1.82, 2.24) is 0 Å². The Morgan fingerprint density at radius 2 is 1.71 bits per heavy atom. The fourth-order valence-corrected chi connectivity index (χ4v) is 2.99. The summed E-state index contributed by atoms with van der Waals surface area (Å²) in [4.78, 5) is 12.1. The van der Waals surface area contributed by atoms with Gasteiger partial charge in [0.05, 0.1) is 13.0 Å². The molecule has 3 nitrogen and oxygen atoms in total. The molecule has 11 heteroatoms. The zero-order chi connectivity index (χ0) is 21.7. The highest BCUT2D eigenvalue weighted by molar-refractivity contribution is 6.30. The molecule has 1 fully saturated rings. The molecule has 0 aromatic heterocycles. The second-order valence-corrected chi connectivity index (χ2v) is 7.13. The molecular weight excluding hydrogens is 421 g/mol. The standard InChI is InChI=1S/C17H14ClF7O3/c1-15(2)8(6-10(18)16(21,22)23)11(15)14(26)28-17(24,25)7-4-5-9(27-3)13(20)12(7)19/h4-6,8,11H,1-3H3. The van der Waals surface area contributed by atoms with Gasteiger partial charge in [-0.05, 0) is 23.5 Å². The largest absolute Gasteiger partial charge is 0.494 e. The molecule has 1 saturated carbocycles. The normalized spacial score (nSPS) is 22.0. The van der Waals surface area contributed by atoms with Crippen molar-refractivity contribution in [3.63, 3.8) is 0 Å². The fourth-order valence-electron chi connectivity index (χ4n) is 2.85. The molecule has 28 heavy (non-hydrogen) atoms. The molecule has 2 rings (SSSR count). The lowest BCUT2D eigenvalue weighted by Gasteiger charge is -2.18. The number of methoxy groups -OCH3 is 1. The Hall–Kier alpha value is -1.97. The zero-order valence-electron chi connectivity index (χ0n) is 14.6. The third-order valence-electron chi connectivity index (χ3n) is 4.57. The smallest absolute Gasteiger partial charge is 0.431 e. The van der Waals surface area contributed by atoms with Gasteiger partial charge in [-0.2, -0.15) is 26.3 Å². The van der Waals surface area contributed by atoms with Gasteiger partial charge in [-0.15, -0.1) is 0 Å². The molecule has 0 amide bonds. The topological polar surface area (TPSA) is 35.5 Å². The van der Waals surface area contributed by atoms with E-state index in [-0.39, 0.29) is 0 Å². The van der Waals surface area contributed by atoms with Crippen LogP contribution in [-0.4, -0.2) is 19.3 Å². The number of halogens is 8. The molecule has 2 atom stereocenters. The van der Waals surface area contributed by atoms with Gasteiger partial charge in [-0.1, -0.05) is 31.5 Å². The lowest BCUT2D eigenvalue weighted by Crippen LogP contribution is -2.26. The SMILES string of the molecule is COc1ccc(C(F)(F)OC(=O)C2C(C=C(Cl)C(F)(F)F)C2(C)C)c(F)c1F. The van der Waals surface area contributed by atoms with Crippen LogP contribution in [0.2, 0.25) is 0 Å². The van der Waals surface area contributed by atoms with E-state index in [1.54, 1.807) is 0 Å². The zero-order valence-corrected chi connectivity index (χ0v) is 15.4. The van der Waals surface area contributed by atoms with Crippen LogP contribution >= 0.6 is 11.6 Å². The quantitative estimate of drug-likeness (QED) is 0.452. The molecule has 1 aromatic carbocycles. The van der Waals surface area contributed by atoms with Gasteiger partial charge in [-0.3, -0.25) is 4.79 Å². The van der Waals surface area contributed by atoms with Crippen LogP contribution < -0.4 is 4.74 Å². The van der Waals surface area contributed by atoms with E-state index >= 15 is 0 Å².